The largest absolute Gasteiger partial charge is 0.358 e. The van der Waals surface area contributed by atoms with Crippen LogP contribution in [-0.2, 0) is 12.0 Å². The third-order valence-electron chi connectivity index (χ3n) is 7.27. The lowest BCUT2D eigenvalue weighted by Crippen LogP contribution is -2.96. The van der Waals surface area contributed by atoms with Crippen molar-refractivity contribution in [2.75, 3.05) is 6.54 Å². The van der Waals surface area contributed by atoms with Gasteiger partial charge in [-0.1, -0.05) is 42.8 Å². The maximum Gasteiger partial charge on any atom is 0.217 e. The summed E-state index contributed by atoms with van der Waals surface area (Å²) in [6.07, 6.45) is 7.01. The molecule has 1 fully saturated rings. The van der Waals surface area contributed by atoms with Crippen molar-refractivity contribution in [2.24, 2.45) is 0 Å². The first-order valence-electron chi connectivity index (χ1n) is 11.8. The number of benzene rings is 2. The molecule has 0 amide bonds. The summed E-state index contributed by atoms with van der Waals surface area (Å²) in [5.41, 5.74) is 7.40. The first-order chi connectivity index (χ1) is 15.6. The van der Waals surface area contributed by atoms with Crippen LogP contribution in [0.15, 0.2) is 42.5 Å². The molecule has 6 nitrogen and oxygen atoms in total. The molecule has 6 heteroatoms. The van der Waals surface area contributed by atoms with Crippen LogP contribution in [0.2, 0.25) is 0 Å². The van der Waals surface area contributed by atoms with E-state index in [9.17, 15) is 0 Å². The minimum absolute atomic E-state index is 0.0729. The van der Waals surface area contributed by atoms with Crippen LogP contribution in [0.3, 0.4) is 0 Å². The van der Waals surface area contributed by atoms with Gasteiger partial charge in [-0.25, -0.2) is 0 Å². The Morgan fingerprint density at radius 1 is 0.969 bits per heavy atom. The fourth-order valence-electron chi connectivity index (χ4n) is 5.64. The zero-order valence-electron chi connectivity index (χ0n) is 19.4. The van der Waals surface area contributed by atoms with Gasteiger partial charge >= 0.3 is 0 Å². The van der Waals surface area contributed by atoms with Gasteiger partial charge in [0.25, 0.3) is 0 Å². The van der Waals surface area contributed by atoms with E-state index in [2.05, 4.69) is 89.1 Å². The lowest BCUT2D eigenvalue weighted by molar-refractivity contribution is -0.741. The quantitative estimate of drug-likeness (QED) is 0.486. The number of hydrogen-bond acceptors (Lipinski definition) is 3. The van der Waals surface area contributed by atoms with E-state index in [1.165, 1.54) is 52.5 Å². The number of para-hydroxylation sites is 2. The number of aromatic nitrogens is 5. The molecule has 5 rings (SSSR count). The van der Waals surface area contributed by atoms with E-state index in [-0.39, 0.29) is 5.54 Å². The van der Waals surface area contributed by atoms with Crippen LogP contribution in [0.1, 0.15) is 60.3 Å². The highest BCUT2D eigenvalue weighted by molar-refractivity contribution is 5.84. The van der Waals surface area contributed by atoms with Gasteiger partial charge in [0.15, 0.2) is 5.54 Å². The molecule has 1 saturated carbocycles. The van der Waals surface area contributed by atoms with Gasteiger partial charge in [-0.15, -0.1) is 5.10 Å². The number of quaternary nitrogens is 1. The highest BCUT2D eigenvalue weighted by atomic mass is 15.6. The van der Waals surface area contributed by atoms with Crippen molar-refractivity contribution in [3.8, 4) is 5.69 Å². The summed E-state index contributed by atoms with van der Waals surface area (Å²) in [4.78, 5) is 3.55. The fraction of sp³-hybridized carbons (Fsp3) is 0.423. The maximum absolute atomic E-state index is 4.62. The molecular formula is C26H33N6+. The van der Waals surface area contributed by atoms with Gasteiger partial charge < -0.3 is 10.3 Å². The smallest absolute Gasteiger partial charge is 0.217 e. The highest BCUT2D eigenvalue weighted by Crippen LogP contribution is 2.34. The Kier molecular flexibility index (Phi) is 5.55. The number of H-pyrrole nitrogens is 1. The van der Waals surface area contributed by atoms with Gasteiger partial charge in [0.2, 0.25) is 5.82 Å². The van der Waals surface area contributed by atoms with E-state index < -0.39 is 0 Å². The summed E-state index contributed by atoms with van der Waals surface area (Å²) in [5.74, 6) is 1.00. The van der Waals surface area contributed by atoms with Crippen LogP contribution in [0.25, 0.3) is 16.6 Å². The lowest BCUT2D eigenvalue weighted by Gasteiger charge is -2.34. The number of aryl methyl sites for hydroxylation is 3. The minimum Gasteiger partial charge on any atom is -0.358 e. The molecule has 0 unspecified atom stereocenters. The van der Waals surface area contributed by atoms with E-state index in [0.717, 1.165) is 37.3 Å². The molecule has 166 valence electrons. The highest BCUT2D eigenvalue weighted by Gasteiger charge is 2.43. The number of hydrogen-bond donors (Lipinski definition) is 2. The van der Waals surface area contributed by atoms with Gasteiger partial charge in [-0.05, 0) is 66.8 Å². The molecule has 0 aliphatic heterocycles. The van der Waals surface area contributed by atoms with Crippen molar-refractivity contribution in [3.05, 3.63) is 70.7 Å². The van der Waals surface area contributed by atoms with E-state index in [1.54, 1.807) is 0 Å². The molecule has 1 aliphatic carbocycles. The molecule has 0 bridgehead atoms. The van der Waals surface area contributed by atoms with Crippen molar-refractivity contribution in [1.29, 1.82) is 0 Å². The van der Waals surface area contributed by atoms with Gasteiger partial charge in [0.05, 0.1) is 12.2 Å². The van der Waals surface area contributed by atoms with Gasteiger partial charge in [0, 0.05) is 35.9 Å². The molecule has 4 aromatic rings. The minimum atomic E-state index is -0.0729. The SMILES string of the molecule is Cc1cccc(C)c1-n1nnnc1C1([NH2+]CCc2c(C)[nH]c3ccccc23)CCCCC1. The van der Waals surface area contributed by atoms with Crippen LogP contribution in [0, 0.1) is 20.8 Å². The molecule has 3 N–H and O–H groups in total. The summed E-state index contributed by atoms with van der Waals surface area (Å²) in [7, 11) is 0. The topological polar surface area (TPSA) is 76.0 Å². The summed E-state index contributed by atoms with van der Waals surface area (Å²) >= 11 is 0. The fourth-order valence-corrected chi connectivity index (χ4v) is 5.64. The number of nitrogens with two attached hydrogens (primary N) is 1. The third-order valence-corrected chi connectivity index (χ3v) is 7.27. The number of tetrazole rings is 1. The molecule has 0 saturated heterocycles. The van der Waals surface area contributed by atoms with E-state index >= 15 is 0 Å². The first kappa shape index (κ1) is 20.9. The number of fused-ring (bicyclic) bond motifs is 1. The zero-order valence-corrected chi connectivity index (χ0v) is 19.4. The summed E-state index contributed by atoms with van der Waals surface area (Å²) in [6, 6.07) is 15.0. The number of rotatable bonds is 6. The van der Waals surface area contributed by atoms with Crippen molar-refractivity contribution < 1.29 is 5.32 Å². The summed E-state index contributed by atoms with van der Waals surface area (Å²) < 4.78 is 2.02. The molecule has 2 aromatic heterocycles. The predicted octanol–water partition coefficient (Wildman–Crippen LogP) is 4.03. The third kappa shape index (κ3) is 3.62. The molecule has 0 spiro atoms. The van der Waals surface area contributed by atoms with Gasteiger partial charge in [0.1, 0.15) is 0 Å². The zero-order chi connectivity index (χ0) is 22.1. The Morgan fingerprint density at radius 3 is 2.50 bits per heavy atom. The van der Waals surface area contributed by atoms with Crippen molar-refractivity contribution in [3.63, 3.8) is 0 Å². The number of nitrogens with one attached hydrogen (secondary N) is 1. The predicted molar refractivity (Wildman–Crippen MR) is 127 cm³/mol. The molecule has 0 atom stereocenters. The molecule has 0 radical (unpaired) electrons. The lowest BCUT2D eigenvalue weighted by atomic mass is 9.80. The molecule has 2 heterocycles. The molecule has 32 heavy (non-hydrogen) atoms. The van der Waals surface area contributed by atoms with Crippen molar-refractivity contribution in [2.45, 2.75) is 64.8 Å². The Balaban J connectivity index is 1.46. The van der Waals surface area contributed by atoms with Gasteiger partial charge in [-0.3, -0.25) is 0 Å². The van der Waals surface area contributed by atoms with Crippen LogP contribution >= 0.6 is 0 Å². The monoisotopic (exact) mass is 429 g/mol. The van der Waals surface area contributed by atoms with Crippen molar-refractivity contribution >= 4 is 10.9 Å². The number of aromatic amines is 1. The van der Waals surface area contributed by atoms with E-state index in [4.69, 9.17) is 0 Å². The Labute approximate surface area is 189 Å². The molecular weight excluding hydrogens is 396 g/mol. The first-order valence-corrected chi connectivity index (χ1v) is 11.8. The normalized spacial score (nSPS) is 16.0. The van der Waals surface area contributed by atoms with Crippen LogP contribution < -0.4 is 5.32 Å². The molecule has 2 aromatic carbocycles. The Hall–Kier alpha value is -2.99. The summed E-state index contributed by atoms with van der Waals surface area (Å²) in [5, 5.41) is 17.1. The second-order valence-electron chi connectivity index (χ2n) is 9.39. The van der Waals surface area contributed by atoms with Gasteiger partial charge in [-0.2, -0.15) is 4.68 Å². The second kappa shape index (κ2) is 8.51. The number of nitrogens with zero attached hydrogens (tertiary/aromatic N) is 4. The standard InChI is InChI=1S/C26H32N6/c1-18-10-9-11-19(2)24(18)32-25(29-30-31-32)26(15-7-4-8-16-26)27-17-14-21-20(3)28-23-13-6-5-12-22(21)23/h5-6,9-13,27-28H,4,7-8,14-17H2,1-3H3/p+1. The van der Waals surface area contributed by atoms with Crippen LogP contribution in [0.4, 0.5) is 0 Å². The van der Waals surface area contributed by atoms with E-state index in [1.807, 2.05) is 4.68 Å². The average Bonchev–Trinajstić information content (AvgIpc) is 3.40. The molecule has 1 aliphatic rings. The van der Waals surface area contributed by atoms with Crippen molar-refractivity contribution in [1.82, 2.24) is 25.2 Å². The maximum atomic E-state index is 4.62. The van der Waals surface area contributed by atoms with Crippen LogP contribution in [0.5, 0.6) is 0 Å². The average molecular weight is 430 g/mol. The Bertz CT molecular complexity index is 1210. The second-order valence-corrected chi connectivity index (χ2v) is 9.39. The summed E-state index contributed by atoms with van der Waals surface area (Å²) in [6.45, 7) is 7.49. The van der Waals surface area contributed by atoms with E-state index in [0.29, 0.717) is 0 Å². The van der Waals surface area contributed by atoms with Crippen LogP contribution in [-0.4, -0.2) is 31.7 Å². The Morgan fingerprint density at radius 2 is 1.72 bits per heavy atom.